The smallest absolute Gasteiger partial charge is 0.130 e. The molecule has 1 unspecified atom stereocenters. The Labute approximate surface area is 107 Å². The van der Waals surface area contributed by atoms with Crippen LogP contribution in [0, 0.1) is 11.6 Å². The summed E-state index contributed by atoms with van der Waals surface area (Å²) in [5, 5.41) is 0. The Bertz CT molecular complexity index is 391. The maximum absolute atomic E-state index is 13.8. The molecule has 0 aliphatic heterocycles. The van der Waals surface area contributed by atoms with Gasteiger partial charge in [-0.05, 0) is 25.8 Å². The summed E-state index contributed by atoms with van der Waals surface area (Å²) in [6.45, 7) is 6.31. The van der Waals surface area contributed by atoms with Gasteiger partial charge in [0.05, 0.1) is 11.6 Å². The van der Waals surface area contributed by atoms with Crippen molar-refractivity contribution in [3.8, 4) is 0 Å². The van der Waals surface area contributed by atoms with Gasteiger partial charge in [-0.2, -0.15) is 0 Å². The fourth-order valence-electron chi connectivity index (χ4n) is 2.31. The normalized spacial score (nSPS) is 13.7. The Kier molecular flexibility index (Phi) is 5.23. The van der Waals surface area contributed by atoms with E-state index in [0.29, 0.717) is 25.0 Å². The molecule has 18 heavy (non-hydrogen) atoms. The first-order valence-corrected chi connectivity index (χ1v) is 6.35. The standard InChI is InChI=1S/C14H21F2NO/c1-4-14(5-2,18-6-3)13(17)11-8-7-10(15)9-12(11)16/h7-9,13H,4-6,17H2,1-3H3. The third kappa shape index (κ3) is 2.87. The van der Waals surface area contributed by atoms with E-state index in [-0.39, 0.29) is 0 Å². The van der Waals surface area contributed by atoms with Crippen molar-refractivity contribution in [3.63, 3.8) is 0 Å². The molecule has 4 heteroatoms. The predicted octanol–water partition coefficient (Wildman–Crippen LogP) is 3.56. The maximum Gasteiger partial charge on any atom is 0.130 e. The van der Waals surface area contributed by atoms with Gasteiger partial charge in [-0.15, -0.1) is 0 Å². The molecule has 1 aromatic carbocycles. The van der Waals surface area contributed by atoms with E-state index < -0.39 is 23.3 Å². The Balaban J connectivity index is 3.12. The number of rotatable bonds is 6. The van der Waals surface area contributed by atoms with Crippen LogP contribution in [0.5, 0.6) is 0 Å². The fourth-order valence-corrected chi connectivity index (χ4v) is 2.31. The van der Waals surface area contributed by atoms with E-state index in [9.17, 15) is 8.78 Å². The summed E-state index contributed by atoms with van der Waals surface area (Å²) in [5.74, 6) is -1.22. The summed E-state index contributed by atoms with van der Waals surface area (Å²) in [6, 6.07) is 2.87. The highest BCUT2D eigenvalue weighted by Gasteiger charge is 2.36. The van der Waals surface area contributed by atoms with Crippen LogP contribution >= 0.6 is 0 Å². The maximum atomic E-state index is 13.8. The highest BCUT2D eigenvalue weighted by atomic mass is 19.1. The van der Waals surface area contributed by atoms with Gasteiger partial charge >= 0.3 is 0 Å². The number of halogens is 2. The summed E-state index contributed by atoms with van der Waals surface area (Å²) in [6.07, 6.45) is 1.35. The van der Waals surface area contributed by atoms with E-state index in [4.69, 9.17) is 10.5 Å². The SMILES string of the molecule is CCOC(CC)(CC)C(N)c1ccc(F)cc1F. The zero-order valence-corrected chi connectivity index (χ0v) is 11.2. The molecule has 1 atom stereocenters. The second-order valence-corrected chi connectivity index (χ2v) is 4.35. The van der Waals surface area contributed by atoms with Crippen LogP contribution in [0.15, 0.2) is 18.2 Å². The molecule has 2 nitrogen and oxygen atoms in total. The van der Waals surface area contributed by atoms with Gasteiger partial charge in [0.2, 0.25) is 0 Å². The Morgan fingerprint density at radius 3 is 2.28 bits per heavy atom. The highest BCUT2D eigenvalue weighted by molar-refractivity contribution is 5.24. The Hall–Kier alpha value is -1.00. The molecule has 0 heterocycles. The Morgan fingerprint density at radius 1 is 1.22 bits per heavy atom. The van der Waals surface area contributed by atoms with Gasteiger partial charge in [-0.25, -0.2) is 8.78 Å². The second kappa shape index (κ2) is 6.25. The molecule has 0 aliphatic carbocycles. The van der Waals surface area contributed by atoms with E-state index in [1.165, 1.54) is 12.1 Å². The van der Waals surface area contributed by atoms with Crippen LogP contribution in [0.3, 0.4) is 0 Å². The first-order valence-electron chi connectivity index (χ1n) is 6.35. The Morgan fingerprint density at radius 2 is 1.83 bits per heavy atom. The monoisotopic (exact) mass is 257 g/mol. The van der Waals surface area contributed by atoms with Crippen molar-refractivity contribution in [2.75, 3.05) is 6.61 Å². The summed E-state index contributed by atoms with van der Waals surface area (Å²) >= 11 is 0. The van der Waals surface area contributed by atoms with Gasteiger partial charge in [0, 0.05) is 18.2 Å². The minimum Gasteiger partial charge on any atom is -0.373 e. The lowest BCUT2D eigenvalue weighted by Gasteiger charge is -2.37. The molecule has 0 fully saturated rings. The molecule has 1 aromatic rings. The van der Waals surface area contributed by atoms with Crippen molar-refractivity contribution >= 4 is 0 Å². The minimum atomic E-state index is -0.617. The molecule has 0 saturated heterocycles. The van der Waals surface area contributed by atoms with E-state index in [0.717, 1.165) is 6.07 Å². The molecular weight excluding hydrogens is 236 g/mol. The van der Waals surface area contributed by atoms with Crippen molar-refractivity contribution < 1.29 is 13.5 Å². The van der Waals surface area contributed by atoms with Gasteiger partial charge < -0.3 is 10.5 Å². The van der Waals surface area contributed by atoms with Crippen LogP contribution in [0.4, 0.5) is 8.78 Å². The number of hydrogen-bond acceptors (Lipinski definition) is 2. The van der Waals surface area contributed by atoms with Crippen molar-refractivity contribution in [3.05, 3.63) is 35.4 Å². The lowest BCUT2D eigenvalue weighted by atomic mass is 9.84. The van der Waals surface area contributed by atoms with Gasteiger partial charge in [-0.1, -0.05) is 19.9 Å². The van der Waals surface area contributed by atoms with Crippen LogP contribution in [0.2, 0.25) is 0 Å². The topological polar surface area (TPSA) is 35.2 Å². The first-order chi connectivity index (χ1) is 8.50. The molecule has 0 spiro atoms. The first kappa shape index (κ1) is 15.1. The lowest BCUT2D eigenvalue weighted by Crippen LogP contribution is -2.43. The minimum absolute atomic E-state index is 0.300. The van der Waals surface area contributed by atoms with Crippen molar-refractivity contribution in [2.45, 2.75) is 45.3 Å². The third-order valence-electron chi connectivity index (χ3n) is 3.49. The van der Waals surface area contributed by atoms with Gasteiger partial charge in [0.15, 0.2) is 0 Å². The summed E-state index contributed by atoms with van der Waals surface area (Å²) < 4.78 is 32.4. The summed E-state index contributed by atoms with van der Waals surface area (Å²) in [5.41, 5.74) is 5.84. The average Bonchev–Trinajstić information content (AvgIpc) is 2.35. The zero-order valence-electron chi connectivity index (χ0n) is 11.2. The van der Waals surface area contributed by atoms with Crippen molar-refractivity contribution in [1.82, 2.24) is 0 Å². The van der Waals surface area contributed by atoms with Crippen LogP contribution in [0.1, 0.15) is 45.2 Å². The second-order valence-electron chi connectivity index (χ2n) is 4.35. The largest absolute Gasteiger partial charge is 0.373 e. The predicted molar refractivity (Wildman–Crippen MR) is 68.2 cm³/mol. The van der Waals surface area contributed by atoms with Crippen molar-refractivity contribution in [1.29, 1.82) is 0 Å². The van der Waals surface area contributed by atoms with Crippen molar-refractivity contribution in [2.24, 2.45) is 5.73 Å². The van der Waals surface area contributed by atoms with Crippen LogP contribution in [0.25, 0.3) is 0 Å². The zero-order chi connectivity index (χ0) is 13.8. The number of nitrogens with two attached hydrogens (primary N) is 1. The quantitative estimate of drug-likeness (QED) is 0.845. The van der Waals surface area contributed by atoms with E-state index in [2.05, 4.69) is 0 Å². The van der Waals surface area contributed by atoms with Gasteiger partial charge in [-0.3, -0.25) is 0 Å². The molecule has 0 amide bonds. The van der Waals surface area contributed by atoms with Crippen LogP contribution in [-0.2, 0) is 4.74 Å². The molecule has 2 N–H and O–H groups in total. The lowest BCUT2D eigenvalue weighted by molar-refractivity contribution is -0.0652. The highest BCUT2D eigenvalue weighted by Crippen LogP contribution is 2.34. The number of hydrogen-bond donors (Lipinski definition) is 1. The third-order valence-corrected chi connectivity index (χ3v) is 3.49. The number of benzene rings is 1. The number of ether oxygens (including phenoxy) is 1. The molecule has 0 aromatic heterocycles. The van der Waals surface area contributed by atoms with Gasteiger partial charge in [0.1, 0.15) is 11.6 Å². The van der Waals surface area contributed by atoms with Crippen LogP contribution < -0.4 is 5.73 Å². The van der Waals surface area contributed by atoms with E-state index in [1.54, 1.807) is 0 Å². The molecular formula is C14H21F2NO. The fraction of sp³-hybridized carbons (Fsp3) is 0.571. The summed E-state index contributed by atoms with van der Waals surface area (Å²) in [4.78, 5) is 0. The molecule has 102 valence electrons. The summed E-state index contributed by atoms with van der Waals surface area (Å²) in [7, 11) is 0. The molecule has 0 saturated carbocycles. The average molecular weight is 257 g/mol. The van der Waals surface area contributed by atoms with Crippen LogP contribution in [-0.4, -0.2) is 12.2 Å². The molecule has 0 bridgehead atoms. The van der Waals surface area contributed by atoms with E-state index >= 15 is 0 Å². The molecule has 0 radical (unpaired) electrons. The van der Waals surface area contributed by atoms with Gasteiger partial charge in [0.25, 0.3) is 0 Å². The molecule has 0 aliphatic rings. The molecule has 1 rings (SSSR count). The van der Waals surface area contributed by atoms with E-state index in [1.807, 2.05) is 20.8 Å².